The lowest BCUT2D eigenvalue weighted by atomic mass is 10.2. The molecule has 2 rings (SSSR count). The van der Waals surface area contributed by atoms with E-state index in [2.05, 4.69) is 4.72 Å². The normalized spacial score (nSPS) is 11.2. The van der Waals surface area contributed by atoms with Crippen LogP contribution in [0.4, 0.5) is 0 Å². The molecule has 0 unspecified atom stereocenters. The van der Waals surface area contributed by atoms with Gasteiger partial charge in [-0.3, -0.25) is 0 Å². The molecule has 0 bridgehead atoms. The molecule has 0 saturated carbocycles. The highest BCUT2D eigenvalue weighted by Crippen LogP contribution is 2.17. The van der Waals surface area contributed by atoms with Gasteiger partial charge in [0.25, 0.3) is 10.0 Å². The molecule has 0 aromatic heterocycles. The molecular weight excluding hydrogens is 302 g/mol. The van der Waals surface area contributed by atoms with E-state index in [-0.39, 0.29) is 18.0 Å². The second kappa shape index (κ2) is 7.29. The van der Waals surface area contributed by atoms with Crippen LogP contribution in [0.2, 0.25) is 0 Å². The smallest absolute Gasteiger partial charge is 0.256 e. The van der Waals surface area contributed by atoms with Gasteiger partial charge in [0.2, 0.25) is 0 Å². The van der Waals surface area contributed by atoms with Crippen LogP contribution in [-0.2, 0) is 10.0 Å². The van der Waals surface area contributed by atoms with Crippen molar-refractivity contribution in [1.82, 2.24) is 4.72 Å². The molecule has 0 spiro atoms. The lowest BCUT2D eigenvalue weighted by molar-refractivity contribution is 0.321. The summed E-state index contributed by atoms with van der Waals surface area (Å²) in [5.74, 6) is 1.38. The van der Waals surface area contributed by atoms with E-state index in [1.54, 1.807) is 55.6 Å². The number of hydrogen-bond donors (Lipinski definition) is 0. The van der Waals surface area contributed by atoms with Gasteiger partial charge in [0, 0.05) is 0 Å². The van der Waals surface area contributed by atoms with Crippen molar-refractivity contribution in [3.8, 4) is 11.5 Å². The van der Waals surface area contributed by atoms with Gasteiger partial charge in [0.15, 0.2) is 0 Å². The molecule has 6 heteroatoms. The van der Waals surface area contributed by atoms with Crippen LogP contribution in [0.1, 0.15) is 5.56 Å². The largest absolute Gasteiger partial charge is 0.497 e. The fourth-order valence-corrected chi connectivity index (χ4v) is 2.72. The summed E-state index contributed by atoms with van der Waals surface area (Å²) in [6.07, 6.45) is 0. The summed E-state index contributed by atoms with van der Waals surface area (Å²) in [7, 11) is -2.03. The number of nitrogens with zero attached hydrogens (tertiary/aromatic N) is 1. The highest BCUT2D eigenvalue weighted by Gasteiger charge is 2.14. The van der Waals surface area contributed by atoms with Crippen LogP contribution in [0, 0.1) is 6.92 Å². The Kier molecular flexibility index (Phi) is 5.41. The van der Waals surface area contributed by atoms with Crippen LogP contribution >= 0.6 is 0 Å². The van der Waals surface area contributed by atoms with Gasteiger partial charge in [-0.15, -0.1) is 4.72 Å². The highest BCUT2D eigenvalue weighted by molar-refractivity contribution is 7.89. The van der Waals surface area contributed by atoms with Gasteiger partial charge in [0.1, 0.15) is 18.1 Å². The Morgan fingerprint density at radius 1 is 0.955 bits per heavy atom. The molecule has 5 nitrogen and oxygen atoms in total. The van der Waals surface area contributed by atoms with Crippen molar-refractivity contribution in [1.29, 1.82) is 0 Å². The van der Waals surface area contributed by atoms with Crippen molar-refractivity contribution < 1.29 is 17.9 Å². The van der Waals surface area contributed by atoms with Crippen LogP contribution in [-0.4, -0.2) is 28.7 Å². The topological polar surface area (TPSA) is 66.7 Å². The number of sulfonamides is 1. The number of ether oxygens (including phenoxy) is 2. The number of rotatable bonds is 7. The predicted octanol–water partition coefficient (Wildman–Crippen LogP) is 2.38. The summed E-state index contributed by atoms with van der Waals surface area (Å²) in [5, 5.41) is 0. The zero-order chi connectivity index (χ0) is 16.0. The van der Waals surface area contributed by atoms with Crippen LogP contribution in [0.3, 0.4) is 0 Å². The number of benzene rings is 2. The van der Waals surface area contributed by atoms with Crippen molar-refractivity contribution >= 4 is 10.0 Å². The average Bonchev–Trinajstić information content (AvgIpc) is 2.52. The third-order valence-electron chi connectivity index (χ3n) is 3.00. The summed E-state index contributed by atoms with van der Waals surface area (Å²) in [5.41, 5.74) is 1.00. The number of aryl methyl sites for hydroxylation is 1. The summed E-state index contributed by atoms with van der Waals surface area (Å²) >= 11 is 0. The second-order valence-corrected chi connectivity index (χ2v) is 6.34. The van der Waals surface area contributed by atoms with E-state index in [0.717, 1.165) is 11.3 Å². The second-order valence-electron chi connectivity index (χ2n) is 4.66. The Morgan fingerprint density at radius 3 is 2.14 bits per heavy atom. The maximum atomic E-state index is 12.0. The first-order valence-corrected chi connectivity index (χ1v) is 8.22. The van der Waals surface area contributed by atoms with Gasteiger partial charge in [-0.1, -0.05) is 17.7 Å². The van der Waals surface area contributed by atoms with Crippen molar-refractivity contribution in [3.05, 3.63) is 54.1 Å². The Labute approximate surface area is 130 Å². The summed E-state index contributed by atoms with van der Waals surface area (Å²) < 4.78 is 38.2. The molecule has 2 aromatic carbocycles. The molecule has 0 heterocycles. The van der Waals surface area contributed by atoms with E-state index in [1.807, 2.05) is 6.92 Å². The number of hydrogen-bond acceptors (Lipinski definition) is 4. The summed E-state index contributed by atoms with van der Waals surface area (Å²) in [4.78, 5) is 0.197. The molecule has 0 aliphatic carbocycles. The lowest BCUT2D eigenvalue weighted by Gasteiger charge is -2.08. The molecule has 22 heavy (non-hydrogen) atoms. The summed E-state index contributed by atoms with van der Waals surface area (Å²) in [6, 6.07) is 13.7. The average molecular weight is 320 g/mol. The van der Waals surface area contributed by atoms with Gasteiger partial charge in [-0.2, -0.15) is 0 Å². The minimum absolute atomic E-state index is 0.0717. The van der Waals surface area contributed by atoms with Crippen molar-refractivity contribution in [3.63, 3.8) is 0 Å². The quantitative estimate of drug-likeness (QED) is 0.735. The molecule has 0 atom stereocenters. The fourth-order valence-electron chi connectivity index (χ4n) is 1.78. The molecule has 2 aromatic rings. The van der Waals surface area contributed by atoms with E-state index in [9.17, 15) is 8.42 Å². The van der Waals surface area contributed by atoms with Gasteiger partial charge in [-0.05, 0) is 43.3 Å². The Bertz CT molecular complexity index is 694. The molecule has 0 amide bonds. The van der Waals surface area contributed by atoms with E-state index in [0.29, 0.717) is 5.75 Å². The third-order valence-corrected chi connectivity index (χ3v) is 4.39. The van der Waals surface area contributed by atoms with Crippen molar-refractivity contribution in [2.45, 2.75) is 11.8 Å². The third kappa shape index (κ3) is 4.47. The van der Waals surface area contributed by atoms with Crippen molar-refractivity contribution in [2.75, 3.05) is 20.3 Å². The standard InChI is InChI=1S/C16H18NO4S/c1-13-3-9-16(10-4-13)22(18,19)17-11-12-21-15-7-5-14(20-2)6-8-15/h3-10H,11-12H2,1-2H3. The first kappa shape index (κ1) is 16.3. The fraction of sp³-hybridized carbons (Fsp3) is 0.250. The molecule has 1 radical (unpaired) electrons. The monoisotopic (exact) mass is 320 g/mol. The molecule has 0 N–H and O–H groups in total. The minimum Gasteiger partial charge on any atom is -0.497 e. The van der Waals surface area contributed by atoms with Crippen LogP contribution < -0.4 is 14.2 Å². The van der Waals surface area contributed by atoms with Crippen LogP contribution in [0.5, 0.6) is 11.5 Å². The molecular formula is C16H18NO4S. The van der Waals surface area contributed by atoms with Crippen molar-refractivity contribution in [2.24, 2.45) is 0 Å². The van der Waals surface area contributed by atoms with Gasteiger partial charge in [0.05, 0.1) is 18.6 Å². The molecule has 0 fully saturated rings. The Morgan fingerprint density at radius 2 is 1.55 bits per heavy atom. The van der Waals surface area contributed by atoms with E-state index >= 15 is 0 Å². The maximum absolute atomic E-state index is 12.0. The lowest BCUT2D eigenvalue weighted by Crippen LogP contribution is -2.21. The first-order valence-electron chi connectivity index (χ1n) is 6.78. The van der Waals surface area contributed by atoms with E-state index in [1.165, 1.54) is 0 Å². The van der Waals surface area contributed by atoms with Gasteiger partial charge in [-0.25, -0.2) is 8.42 Å². The van der Waals surface area contributed by atoms with Gasteiger partial charge >= 0.3 is 0 Å². The highest BCUT2D eigenvalue weighted by atomic mass is 32.2. The Balaban J connectivity index is 1.83. The van der Waals surface area contributed by atoms with Gasteiger partial charge < -0.3 is 9.47 Å². The van der Waals surface area contributed by atoms with Crippen LogP contribution in [0.25, 0.3) is 0 Å². The molecule has 0 aliphatic heterocycles. The predicted molar refractivity (Wildman–Crippen MR) is 83.9 cm³/mol. The zero-order valence-corrected chi connectivity index (χ0v) is 13.3. The van der Waals surface area contributed by atoms with E-state index in [4.69, 9.17) is 9.47 Å². The maximum Gasteiger partial charge on any atom is 0.256 e. The SMILES string of the molecule is COc1ccc(OCC[N]S(=O)(=O)c2ccc(C)cc2)cc1. The molecule has 117 valence electrons. The van der Waals surface area contributed by atoms with Crippen LogP contribution in [0.15, 0.2) is 53.4 Å². The van der Waals surface area contributed by atoms with E-state index < -0.39 is 10.0 Å². The Hall–Kier alpha value is -2.05. The number of methoxy groups -OCH3 is 1. The summed E-state index contributed by atoms with van der Waals surface area (Å²) in [6.45, 7) is 2.16. The molecule has 0 saturated heterocycles. The zero-order valence-electron chi connectivity index (χ0n) is 12.5. The first-order chi connectivity index (χ1) is 10.5. The minimum atomic E-state index is -3.62. The molecule has 0 aliphatic rings.